The van der Waals surface area contributed by atoms with E-state index in [-0.39, 0.29) is 30.4 Å². The molecular formula is C19H19N3O5S. The Bertz CT molecular complexity index is 1010. The summed E-state index contributed by atoms with van der Waals surface area (Å²) in [5, 5.41) is 8.59. The van der Waals surface area contributed by atoms with Gasteiger partial charge in [0.25, 0.3) is 5.91 Å². The number of amides is 2. The van der Waals surface area contributed by atoms with Crippen LogP contribution in [0.5, 0.6) is 0 Å². The van der Waals surface area contributed by atoms with E-state index in [2.05, 4.69) is 0 Å². The number of sulfonamides is 1. The van der Waals surface area contributed by atoms with Gasteiger partial charge in [-0.25, -0.2) is 13.9 Å². The second-order valence-corrected chi connectivity index (χ2v) is 8.00. The number of hydrogen-bond donors (Lipinski definition) is 2. The molecule has 0 saturated carbocycles. The second kappa shape index (κ2) is 8.34. The third-order valence-electron chi connectivity index (χ3n) is 4.32. The van der Waals surface area contributed by atoms with E-state index in [4.69, 9.17) is 5.21 Å². The molecule has 0 atom stereocenters. The van der Waals surface area contributed by atoms with Crippen molar-refractivity contribution in [1.82, 2.24) is 9.79 Å². The molecule has 0 aliphatic carbocycles. The maximum Gasteiger partial charge on any atom is 0.267 e. The predicted molar refractivity (Wildman–Crippen MR) is 103 cm³/mol. The van der Waals surface area contributed by atoms with Crippen LogP contribution in [-0.2, 0) is 19.6 Å². The van der Waals surface area contributed by atoms with Crippen LogP contribution in [0.4, 0.5) is 5.69 Å². The minimum absolute atomic E-state index is 0.148. The molecule has 2 aromatic rings. The zero-order valence-corrected chi connectivity index (χ0v) is 15.7. The lowest BCUT2D eigenvalue weighted by Crippen LogP contribution is -2.52. The normalized spacial score (nSPS) is 15.8. The molecule has 1 heterocycles. The zero-order chi connectivity index (χ0) is 20.1. The molecule has 1 aliphatic heterocycles. The summed E-state index contributed by atoms with van der Waals surface area (Å²) in [6.07, 6.45) is 2.61. The molecule has 3 rings (SSSR count). The Morgan fingerprint density at radius 3 is 2.39 bits per heavy atom. The van der Waals surface area contributed by atoms with Gasteiger partial charge in [0.2, 0.25) is 15.9 Å². The Morgan fingerprint density at radius 1 is 1.04 bits per heavy atom. The molecule has 146 valence electrons. The van der Waals surface area contributed by atoms with Gasteiger partial charge in [-0.1, -0.05) is 36.4 Å². The summed E-state index contributed by atoms with van der Waals surface area (Å²) in [6.45, 7) is 0.0620. The third kappa shape index (κ3) is 4.11. The second-order valence-electron chi connectivity index (χ2n) is 6.07. The highest BCUT2D eigenvalue weighted by atomic mass is 32.2. The lowest BCUT2D eigenvalue weighted by atomic mass is 10.1. The molecule has 0 spiro atoms. The van der Waals surface area contributed by atoms with Crippen molar-refractivity contribution in [3.8, 4) is 0 Å². The minimum atomic E-state index is -3.74. The van der Waals surface area contributed by atoms with E-state index in [0.29, 0.717) is 11.3 Å². The van der Waals surface area contributed by atoms with Crippen molar-refractivity contribution in [2.24, 2.45) is 0 Å². The van der Waals surface area contributed by atoms with E-state index >= 15 is 0 Å². The first-order valence-electron chi connectivity index (χ1n) is 8.50. The van der Waals surface area contributed by atoms with E-state index < -0.39 is 15.9 Å². The number of carbonyl (C=O) groups is 2. The Morgan fingerprint density at radius 2 is 1.71 bits per heavy atom. The van der Waals surface area contributed by atoms with Crippen molar-refractivity contribution >= 4 is 33.6 Å². The van der Waals surface area contributed by atoms with Gasteiger partial charge in [0, 0.05) is 19.2 Å². The highest BCUT2D eigenvalue weighted by Crippen LogP contribution is 2.25. The summed E-state index contributed by atoms with van der Waals surface area (Å²) in [7, 11) is -3.74. The molecule has 2 amide bonds. The van der Waals surface area contributed by atoms with Crippen LogP contribution >= 0.6 is 0 Å². The van der Waals surface area contributed by atoms with Gasteiger partial charge in [-0.3, -0.25) is 14.8 Å². The van der Waals surface area contributed by atoms with E-state index in [9.17, 15) is 18.0 Å². The molecule has 0 radical (unpaired) electrons. The molecule has 28 heavy (non-hydrogen) atoms. The first-order chi connectivity index (χ1) is 13.4. The maximum absolute atomic E-state index is 12.7. The molecule has 1 saturated heterocycles. The Labute approximate surface area is 162 Å². The van der Waals surface area contributed by atoms with Crippen LogP contribution in [0.15, 0.2) is 65.6 Å². The highest BCUT2D eigenvalue weighted by Gasteiger charge is 2.33. The standard InChI is InChI=1S/C19H19N3O5S/c23-18(20-25)11-10-15-6-4-5-9-17(15)22-13-12-21(14-19(22)24)28(26,27)16-7-2-1-3-8-16/h1-11,25H,12-14H2,(H,20,23)/b11-10+. The van der Waals surface area contributed by atoms with Crippen molar-refractivity contribution in [3.63, 3.8) is 0 Å². The average Bonchev–Trinajstić information content (AvgIpc) is 2.73. The maximum atomic E-state index is 12.7. The van der Waals surface area contributed by atoms with Crippen LogP contribution in [-0.4, -0.2) is 49.4 Å². The molecule has 0 aromatic heterocycles. The monoisotopic (exact) mass is 401 g/mol. The van der Waals surface area contributed by atoms with Gasteiger partial charge < -0.3 is 4.90 Å². The third-order valence-corrected chi connectivity index (χ3v) is 6.18. The first-order valence-corrected chi connectivity index (χ1v) is 9.94. The van der Waals surface area contributed by atoms with Crippen molar-refractivity contribution in [3.05, 3.63) is 66.2 Å². The Balaban J connectivity index is 1.81. The highest BCUT2D eigenvalue weighted by molar-refractivity contribution is 7.89. The van der Waals surface area contributed by atoms with Crippen molar-refractivity contribution in [1.29, 1.82) is 0 Å². The Hall–Kier alpha value is -3.01. The largest absolute Gasteiger partial charge is 0.309 e. The molecule has 1 fully saturated rings. The van der Waals surface area contributed by atoms with Gasteiger partial charge in [0.05, 0.1) is 17.1 Å². The quantitative estimate of drug-likeness (QED) is 0.445. The van der Waals surface area contributed by atoms with Gasteiger partial charge in [-0.05, 0) is 29.8 Å². The summed E-state index contributed by atoms with van der Waals surface area (Å²) in [6, 6.07) is 14.9. The fourth-order valence-electron chi connectivity index (χ4n) is 2.93. The number of para-hydroxylation sites is 1. The van der Waals surface area contributed by atoms with Crippen LogP contribution in [0.3, 0.4) is 0 Å². The van der Waals surface area contributed by atoms with Crippen molar-refractivity contribution < 1.29 is 23.2 Å². The van der Waals surface area contributed by atoms with Gasteiger partial charge in [-0.15, -0.1) is 0 Å². The predicted octanol–water partition coefficient (Wildman–Crippen LogP) is 1.24. The molecule has 9 heteroatoms. The summed E-state index contributed by atoms with van der Waals surface area (Å²) < 4.78 is 26.6. The zero-order valence-electron chi connectivity index (χ0n) is 14.9. The molecule has 1 aliphatic rings. The van der Waals surface area contributed by atoms with E-state index in [0.717, 1.165) is 6.08 Å². The molecule has 0 unspecified atom stereocenters. The number of nitrogens with zero attached hydrogens (tertiary/aromatic N) is 2. The van der Waals surface area contributed by atoms with Gasteiger partial charge in [-0.2, -0.15) is 4.31 Å². The fourth-order valence-corrected chi connectivity index (χ4v) is 4.33. The lowest BCUT2D eigenvalue weighted by Gasteiger charge is -2.34. The summed E-state index contributed by atoms with van der Waals surface area (Å²) in [5.74, 6) is -1.06. The Kier molecular flexibility index (Phi) is 5.88. The van der Waals surface area contributed by atoms with E-state index in [1.807, 2.05) is 0 Å². The summed E-state index contributed by atoms with van der Waals surface area (Å²) >= 11 is 0. The smallest absolute Gasteiger partial charge is 0.267 e. The average molecular weight is 401 g/mol. The number of benzene rings is 2. The van der Waals surface area contributed by atoms with Crippen LogP contribution in [0.1, 0.15) is 5.56 Å². The van der Waals surface area contributed by atoms with Crippen LogP contribution in [0.25, 0.3) is 6.08 Å². The van der Waals surface area contributed by atoms with E-state index in [1.165, 1.54) is 32.9 Å². The number of rotatable bonds is 5. The van der Waals surface area contributed by atoms with Crippen molar-refractivity contribution in [2.75, 3.05) is 24.5 Å². The number of carbonyl (C=O) groups excluding carboxylic acids is 2. The number of piperazine rings is 1. The van der Waals surface area contributed by atoms with Crippen LogP contribution in [0, 0.1) is 0 Å². The molecule has 2 aromatic carbocycles. The number of nitrogens with one attached hydrogen (secondary N) is 1. The van der Waals surface area contributed by atoms with Gasteiger partial charge in [0.1, 0.15) is 0 Å². The van der Waals surface area contributed by atoms with Crippen molar-refractivity contribution in [2.45, 2.75) is 4.90 Å². The summed E-state index contributed by atoms with van der Waals surface area (Å²) in [5.41, 5.74) is 2.66. The minimum Gasteiger partial charge on any atom is -0.309 e. The van der Waals surface area contributed by atoms with Crippen LogP contribution in [0.2, 0.25) is 0 Å². The fraction of sp³-hybridized carbons (Fsp3) is 0.158. The molecular weight excluding hydrogens is 382 g/mol. The molecule has 8 nitrogen and oxygen atoms in total. The van der Waals surface area contributed by atoms with Gasteiger partial charge >= 0.3 is 0 Å². The number of hydrogen-bond acceptors (Lipinski definition) is 5. The first kappa shape index (κ1) is 19.7. The SMILES string of the molecule is O=C(/C=C/c1ccccc1N1CCN(S(=O)(=O)c2ccccc2)CC1=O)NO. The number of anilines is 1. The van der Waals surface area contributed by atoms with Crippen LogP contribution < -0.4 is 10.4 Å². The van der Waals surface area contributed by atoms with E-state index in [1.54, 1.807) is 42.5 Å². The summed E-state index contributed by atoms with van der Waals surface area (Å²) in [4.78, 5) is 25.6. The van der Waals surface area contributed by atoms with Gasteiger partial charge in [0.15, 0.2) is 0 Å². The topological polar surface area (TPSA) is 107 Å². The molecule has 0 bridgehead atoms. The lowest BCUT2D eigenvalue weighted by molar-refractivity contribution is -0.124. The number of hydroxylamine groups is 1. The molecule has 2 N–H and O–H groups in total.